The van der Waals surface area contributed by atoms with Gasteiger partial charge in [-0.15, -0.1) is 0 Å². The quantitative estimate of drug-likeness (QED) is 0.685. The van der Waals surface area contributed by atoms with Gasteiger partial charge < -0.3 is 10.0 Å². The SMILES string of the molecule is CCCCC(C)N(C)c1nc2cc(C(=O)O)ccc2nc1-c1cnn(C)c1. The first kappa shape index (κ1) is 18.8. The molecule has 0 aliphatic carbocycles. The van der Waals surface area contributed by atoms with E-state index in [1.54, 1.807) is 29.1 Å². The summed E-state index contributed by atoms with van der Waals surface area (Å²) < 4.78 is 1.74. The van der Waals surface area contributed by atoms with Crippen molar-refractivity contribution in [3.63, 3.8) is 0 Å². The molecule has 1 aromatic carbocycles. The van der Waals surface area contributed by atoms with Crippen molar-refractivity contribution in [1.29, 1.82) is 0 Å². The monoisotopic (exact) mass is 367 g/mol. The van der Waals surface area contributed by atoms with Gasteiger partial charge in [0.15, 0.2) is 5.82 Å². The van der Waals surface area contributed by atoms with Gasteiger partial charge in [0.1, 0.15) is 5.69 Å². The van der Waals surface area contributed by atoms with Crippen molar-refractivity contribution < 1.29 is 9.90 Å². The Morgan fingerprint density at radius 3 is 2.70 bits per heavy atom. The number of benzene rings is 1. The van der Waals surface area contributed by atoms with Crippen molar-refractivity contribution in [2.45, 2.75) is 39.2 Å². The molecule has 0 amide bonds. The van der Waals surface area contributed by atoms with Crippen LogP contribution in [0.2, 0.25) is 0 Å². The summed E-state index contributed by atoms with van der Waals surface area (Å²) >= 11 is 0. The highest BCUT2D eigenvalue weighted by atomic mass is 16.4. The fraction of sp³-hybridized carbons (Fsp3) is 0.400. The molecule has 2 heterocycles. The molecule has 0 spiro atoms. The molecule has 2 aromatic heterocycles. The first-order valence-corrected chi connectivity index (χ1v) is 9.17. The van der Waals surface area contributed by atoms with Crippen molar-refractivity contribution in [3.8, 4) is 11.3 Å². The second-order valence-electron chi connectivity index (χ2n) is 6.91. The van der Waals surface area contributed by atoms with Crippen molar-refractivity contribution >= 4 is 22.8 Å². The summed E-state index contributed by atoms with van der Waals surface area (Å²) in [7, 11) is 3.88. The van der Waals surface area contributed by atoms with E-state index in [1.165, 1.54) is 0 Å². The minimum atomic E-state index is -0.971. The van der Waals surface area contributed by atoms with Gasteiger partial charge in [0.05, 0.1) is 22.8 Å². The molecule has 0 bridgehead atoms. The third-order valence-corrected chi connectivity index (χ3v) is 4.84. The number of carbonyl (C=O) groups is 1. The molecule has 1 atom stereocenters. The van der Waals surface area contributed by atoms with Crippen molar-refractivity contribution in [1.82, 2.24) is 19.7 Å². The molecule has 0 fully saturated rings. The van der Waals surface area contributed by atoms with E-state index in [0.717, 1.165) is 36.3 Å². The molecule has 7 heteroatoms. The standard InChI is InChI=1S/C20H25N5O2/c1-5-6-7-13(2)25(4)19-18(15-11-21-24(3)12-15)22-16-9-8-14(20(26)27)10-17(16)23-19/h8-13H,5-7H2,1-4H3,(H,26,27). The van der Waals surface area contributed by atoms with Crippen LogP contribution in [0.3, 0.4) is 0 Å². The summed E-state index contributed by atoms with van der Waals surface area (Å²) in [6.07, 6.45) is 7.01. The average Bonchev–Trinajstić information content (AvgIpc) is 3.10. The first-order chi connectivity index (χ1) is 12.9. The fourth-order valence-corrected chi connectivity index (χ4v) is 3.06. The van der Waals surface area contributed by atoms with Crippen molar-refractivity contribution in [3.05, 3.63) is 36.2 Å². The molecule has 0 saturated carbocycles. The Hall–Kier alpha value is -2.96. The zero-order valence-corrected chi connectivity index (χ0v) is 16.2. The van der Waals surface area contributed by atoms with Gasteiger partial charge in [-0.25, -0.2) is 14.8 Å². The van der Waals surface area contributed by atoms with Gasteiger partial charge in [-0.2, -0.15) is 5.10 Å². The van der Waals surface area contributed by atoms with Crippen LogP contribution in [0, 0.1) is 0 Å². The van der Waals surface area contributed by atoms with Crippen LogP contribution in [0.1, 0.15) is 43.5 Å². The molecule has 0 saturated heterocycles. The number of carboxylic acid groups (broad SMARTS) is 1. The highest BCUT2D eigenvalue weighted by Gasteiger charge is 2.20. The topological polar surface area (TPSA) is 84.1 Å². The Morgan fingerprint density at radius 1 is 1.30 bits per heavy atom. The smallest absolute Gasteiger partial charge is 0.335 e. The van der Waals surface area contributed by atoms with E-state index in [2.05, 4.69) is 23.8 Å². The number of aryl methyl sites for hydroxylation is 1. The molecular weight excluding hydrogens is 342 g/mol. The predicted molar refractivity (Wildman–Crippen MR) is 106 cm³/mol. The number of fused-ring (bicyclic) bond motifs is 1. The maximum Gasteiger partial charge on any atom is 0.335 e. The Kier molecular flexibility index (Phi) is 5.39. The Morgan fingerprint density at radius 2 is 2.07 bits per heavy atom. The lowest BCUT2D eigenvalue weighted by Gasteiger charge is -2.27. The van der Waals surface area contributed by atoms with E-state index in [4.69, 9.17) is 9.97 Å². The van der Waals surface area contributed by atoms with Gasteiger partial charge in [-0.1, -0.05) is 19.8 Å². The van der Waals surface area contributed by atoms with E-state index in [-0.39, 0.29) is 11.6 Å². The molecule has 142 valence electrons. The highest BCUT2D eigenvalue weighted by molar-refractivity contribution is 5.93. The summed E-state index contributed by atoms with van der Waals surface area (Å²) in [4.78, 5) is 23.0. The maximum absolute atomic E-state index is 11.3. The lowest BCUT2D eigenvalue weighted by molar-refractivity contribution is 0.0697. The molecule has 0 aliphatic rings. The van der Waals surface area contributed by atoms with Crippen molar-refractivity contribution in [2.75, 3.05) is 11.9 Å². The normalized spacial score (nSPS) is 12.3. The third-order valence-electron chi connectivity index (χ3n) is 4.84. The predicted octanol–water partition coefficient (Wildman–Crippen LogP) is 3.74. The number of unbranched alkanes of at least 4 members (excludes halogenated alkanes) is 1. The van der Waals surface area contributed by atoms with Gasteiger partial charge >= 0.3 is 5.97 Å². The molecule has 1 N–H and O–H groups in total. The first-order valence-electron chi connectivity index (χ1n) is 9.17. The Labute approximate surface area is 158 Å². The second kappa shape index (κ2) is 7.73. The summed E-state index contributed by atoms with van der Waals surface area (Å²) in [6.45, 7) is 4.35. The molecule has 3 rings (SSSR count). The zero-order valence-electron chi connectivity index (χ0n) is 16.2. The van der Waals surface area contributed by atoms with Crippen LogP contribution < -0.4 is 4.90 Å². The van der Waals surface area contributed by atoms with Crippen LogP contribution >= 0.6 is 0 Å². The number of aromatic nitrogens is 4. The number of hydrogen-bond acceptors (Lipinski definition) is 5. The summed E-state index contributed by atoms with van der Waals surface area (Å²) in [5, 5.41) is 13.5. The minimum Gasteiger partial charge on any atom is -0.478 e. The molecule has 1 unspecified atom stereocenters. The van der Waals surface area contributed by atoms with E-state index in [9.17, 15) is 9.90 Å². The zero-order chi connectivity index (χ0) is 19.6. The highest BCUT2D eigenvalue weighted by Crippen LogP contribution is 2.30. The Balaban J connectivity index is 2.15. The molecule has 27 heavy (non-hydrogen) atoms. The second-order valence-corrected chi connectivity index (χ2v) is 6.91. The van der Waals surface area contributed by atoms with Gasteiger partial charge in [0, 0.05) is 31.9 Å². The molecular formula is C20H25N5O2. The van der Waals surface area contributed by atoms with E-state index >= 15 is 0 Å². The third kappa shape index (κ3) is 3.92. The van der Waals surface area contributed by atoms with Crippen LogP contribution in [-0.2, 0) is 7.05 Å². The molecule has 3 aromatic rings. The lowest BCUT2D eigenvalue weighted by Crippen LogP contribution is -2.30. The average molecular weight is 367 g/mol. The summed E-state index contributed by atoms with van der Waals surface area (Å²) in [5.41, 5.74) is 3.09. The Bertz CT molecular complexity index is 966. The number of hydrogen-bond donors (Lipinski definition) is 1. The molecule has 0 aliphatic heterocycles. The maximum atomic E-state index is 11.3. The minimum absolute atomic E-state index is 0.207. The van der Waals surface area contributed by atoms with Gasteiger partial charge in [-0.05, 0) is 31.5 Å². The van der Waals surface area contributed by atoms with Gasteiger partial charge in [0.25, 0.3) is 0 Å². The van der Waals surface area contributed by atoms with E-state index in [1.807, 2.05) is 20.3 Å². The lowest BCUT2D eigenvalue weighted by atomic mass is 10.1. The summed E-state index contributed by atoms with van der Waals surface area (Å²) in [5.74, 6) is -0.233. The van der Waals surface area contributed by atoms with E-state index in [0.29, 0.717) is 11.0 Å². The number of nitrogens with zero attached hydrogens (tertiary/aromatic N) is 5. The van der Waals surface area contributed by atoms with Crippen molar-refractivity contribution in [2.24, 2.45) is 7.05 Å². The number of rotatable bonds is 7. The number of aromatic carboxylic acids is 1. The van der Waals surface area contributed by atoms with Crippen LogP contribution in [0.5, 0.6) is 0 Å². The van der Waals surface area contributed by atoms with E-state index < -0.39 is 5.97 Å². The van der Waals surface area contributed by atoms with Crippen LogP contribution in [0.25, 0.3) is 22.3 Å². The van der Waals surface area contributed by atoms with Gasteiger partial charge in [0.2, 0.25) is 0 Å². The number of anilines is 1. The van der Waals surface area contributed by atoms with Crippen LogP contribution in [-0.4, -0.2) is 43.9 Å². The molecule has 7 nitrogen and oxygen atoms in total. The fourth-order valence-electron chi connectivity index (χ4n) is 3.06. The van der Waals surface area contributed by atoms with Gasteiger partial charge in [-0.3, -0.25) is 4.68 Å². The largest absolute Gasteiger partial charge is 0.478 e. The summed E-state index contributed by atoms with van der Waals surface area (Å²) in [6, 6.07) is 5.12. The molecule has 0 radical (unpaired) electrons. The number of carboxylic acids is 1. The van der Waals surface area contributed by atoms with Crippen LogP contribution in [0.15, 0.2) is 30.6 Å². The van der Waals surface area contributed by atoms with Crippen LogP contribution in [0.4, 0.5) is 5.82 Å².